The molecule has 0 saturated heterocycles. The standard InChI is InChI=1S/C15H14F2O3/c1-19-13-6-4-9(7-12(13)17)15(18)10-3-5-11(16)14(8-10)20-2/h3-8,15,18H,1-2H3. The number of aliphatic hydroxyl groups excluding tert-OH is 1. The maximum Gasteiger partial charge on any atom is 0.165 e. The summed E-state index contributed by atoms with van der Waals surface area (Å²) in [6, 6.07) is 8.14. The van der Waals surface area contributed by atoms with Crippen molar-refractivity contribution < 1.29 is 23.4 Å². The van der Waals surface area contributed by atoms with E-state index >= 15 is 0 Å². The van der Waals surface area contributed by atoms with Crippen LogP contribution in [0.3, 0.4) is 0 Å². The lowest BCUT2D eigenvalue weighted by Gasteiger charge is -2.14. The summed E-state index contributed by atoms with van der Waals surface area (Å²) in [7, 11) is 2.70. The van der Waals surface area contributed by atoms with Gasteiger partial charge in [-0.15, -0.1) is 0 Å². The first-order chi connectivity index (χ1) is 9.56. The highest BCUT2D eigenvalue weighted by Crippen LogP contribution is 2.29. The van der Waals surface area contributed by atoms with Crippen molar-refractivity contribution in [3.8, 4) is 11.5 Å². The molecule has 0 saturated carbocycles. The number of methoxy groups -OCH3 is 2. The number of ether oxygens (including phenoxy) is 2. The molecule has 3 nitrogen and oxygen atoms in total. The maximum atomic E-state index is 13.6. The Morgan fingerprint density at radius 1 is 0.850 bits per heavy atom. The molecule has 1 unspecified atom stereocenters. The van der Waals surface area contributed by atoms with Crippen LogP contribution in [0.5, 0.6) is 11.5 Å². The molecule has 1 atom stereocenters. The summed E-state index contributed by atoms with van der Waals surface area (Å²) in [5.41, 5.74) is 0.754. The molecular formula is C15H14F2O3. The van der Waals surface area contributed by atoms with E-state index in [0.29, 0.717) is 11.1 Å². The molecule has 2 rings (SSSR count). The summed E-state index contributed by atoms with van der Waals surface area (Å²) in [6.45, 7) is 0. The van der Waals surface area contributed by atoms with Crippen molar-refractivity contribution >= 4 is 0 Å². The van der Waals surface area contributed by atoms with E-state index < -0.39 is 17.7 Å². The lowest BCUT2D eigenvalue weighted by Crippen LogP contribution is -2.02. The molecule has 0 aliphatic carbocycles. The van der Waals surface area contributed by atoms with Crippen molar-refractivity contribution in [1.29, 1.82) is 0 Å². The first kappa shape index (κ1) is 14.3. The fourth-order valence-corrected chi connectivity index (χ4v) is 1.89. The normalized spacial score (nSPS) is 12.1. The third kappa shape index (κ3) is 2.72. The van der Waals surface area contributed by atoms with Gasteiger partial charge in [0.05, 0.1) is 14.2 Å². The van der Waals surface area contributed by atoms with Gasteiger partial charge in [0.2, 0.25) is 0 Å². The van der Waals surface area contributed by atoms with Gasteiger partial charge < -0.3 is 14.6 Å². The van der Waals surface area contributed by atoms with Crippen molar-refractivity contribution in [2.45, 2.75) is 6.10 Å². The third-order valence-corrected chi connectivity index (χ3v) is 2.98. The van der Waals surface area contributed by atoms with Gasteiger partial charge in [-0.05, 0) is 35.4 Å². The summed E-state index contributed by atoms with van der Waals surface area (Å²) < 4.78 is 36.6. The first-order valence-electron chi connectivity index (χ1n) is 5.91. The molecule has 5 heteroatoms. The van der Waals surface area contributed by atoms with Crippen LogP contribution in [0, 0.1) is 11.6 Å². The Labute approximate surface area is 115 Å². The van der Waals surface area contributed by atoms with Gasteiger partial charge in [0, 0.05) is 0 Å². The minimum absolute atomic E-state index is 0.0236. The molecule has 2 aromatic rings. The predicted molar refractivity (Wildman–Crippen MR) is 70.0 cm³/mol. The summed E-state index contributed by atoms with van der Waals surface area (Å²) >= 11 is 0. The summed E-state index contributed by atoms with van der Waals surface area (Å²) in [4.78, 5) is 0. The molecule has 20 heavy (non-hydrogen) atoms. The number of halogens is 2. The zero-order chi connectivity index (χ0) is 14.7. The molecule has 0 fully saturated rings. The molecule has 1 N–H and O–H groups in total. The zero-order valence-corrected chi connectivity index (χ0v) is 11.1. The highest BCUT2D eigenvalue weighted by molar-refractivity contribution is 5.38. The second kappa shape index (κ2) is 5.88. The van der Waals surface area contributed by atoms with Crippen LogP contribution in [0.25, 0.3) is 0 Å². The molecule has 0 bridgehead atoms. The molecule has 2 aromatic carbocycles. The highest BCUT2D eigenvalue weighted by Gasteiger charge is 2.15. The lowest BCUT2D eigenvalue weighted by molar-refractivity contribution is 0.218. The molecule has 0 aliphatic rings. The molecule has 0 aliphatic heterocycles. The SMILES string of the molecule is COc1ccc(C(O)c2ccc(F)c(OC)c2)cc1F. The second-order valence-electron chi connectivity index (χ2n) is 4.19. The predicted octanol–water partition coefficient (Wildman–Crippen LogP) is 3.06. The maximum absolute atomic E-state index is 13.6. The van der Waals surface area contributed by atoms with E-state index in [4.69, 9.17) is 9.47 Å². The van der Waals surface area contributed by atoms with Gasteiger partial charge in [-0.1, -0.05) is 12.1 Å². The Morgan fingerprint density at radius 2 is 1.45 bits per heavy atom. The van der Waals surface area contributed by atoms with Gasteiger partial charge in [0.1, 0.15) is 6.10 Å². The van der Waals surface area contributed by atoms with E-state index in [1.807, 2.05) is 0 Å². The van der Waals surface area contributed by atoms with Crippen LogP contribution in [0.15, 0.2) is 36.4 Å². The molecule has 0 amide bonds. The van der Waals surface area contributed by atoms with Gasteiger partial charge >= 0.3 is 0 Å². The van der Waals surface area contributed by atoms with E-state index in [9.17, 15) is 13.9 Å². The Morgan fingerprint density at radius 3 is 2.05 bits per heavy atom. The molecule has 0 aromatic heterocycles. The van der Waals surface area contributed by atoms with Crippen molar-refractivity contribution in [2.75, 3.05) is 14.2 Å². The van der Waals surface area contributed by atoms with Gasteiger partial charge in [0.25, 0.3) is 0 Å². The van der Waals surface area contributed by atoms with Gasteiger partial charge in [0.15, 0.2) is 23.1 Å². The fraction of sp³-hybridized carbons (Fsp3) is 0.200. The quantitative estimate of drug-likeness (QED) is 0.935. The second-order valence-corrected chi connectivity index (χ2v) is 4.19. The summed E-state index contributed by atoms with van der Waals surface area (Å²) in [5.74, 6) is -0.976. The highest BCUT2D eigenvalue weighted by atomic mass is 19.1. The summed E-state index contributed by atoms with van der Waals surface area (Å²) in [6.07, 6.45) is -1.08. The van der Waals surface area contributed by atoms with Crippen molar-refractivity contribution in [3.63, 3.8) is 0 Å². The van der Waals surface area contributed by atoms with E-state index in [1.54, 1.807) is 6.07 Å². The zero-order valence-electron chi connectivity index (χ0n) is 11.1. The first-order valence-corrected chi connectivity index (χ1v) is 5.91. The van der Waals surface area contributed by atoms with Crippen LogP contribution in [0.4, 0.5) is 8.78 Å². The smallest absolute Gasteiger partial charge is 0.165 e. The van der Waals surface area contributed by atoms with E-state index in [1.165, 1.54) is 44.6 Å². The lowest BCUT2D eigenvalue weighted by atomic mass is 10.0. The Bertz CT molecular complexity index is 614. The topological polar surface area (TPSA) is 38.7 Å². The third-order valence-electron chi connectivity index (χ3n) is 2.98. The van der Waals surface area contributed by atoms with Crippen LogP contribution in [-0.4, -0.2) is 19.3 Å². The van der Waals surface area contributed by atoms with E-state index in [2.05, 4.69) is 0 Å². The number of rotatable bonds is 4. The van der Waals surface area contributed by atoms with Crippen LogP contribution in [0.1, 0.15) is 17.2 Å². The van der Waals surface area contributed by atoms with Crippen molar-refractivity contribution in [1.82, 2.24) is 0 Å². The van der Waals surface area contributed by atoms with Crippen LogP contribution < -0.4 is 9.47 Å². The number of hydrogen-bond acceptors (Lipinski definition) is 3. The average Bonchev–Trinajstić information content (AvgIpc) is 2.47. The van der Waals surface area contributed by atoms with Gasteiger partial charge in [-0.3, -0.25) is 0 Å². The summed E-state index contributed by atoms with van der Waals surface area (Å²) in [5, 5.41) is 10.2. The van der Waals surface area contributed by atoms with Crippen LogP contribution >= 0.6 is 0 Å². The number of hydrogen-bond donors (Lipinski definition) is 1. The van der Waals surface area contributed by atoms with Gasteiger partial charge in [-0.25, -0.2) is 8.78 Å². The molecular weight excluding hydrogens is 266 g/mol. The minimum atomic E-state index is -1.08. The van der Waals surface area contributed by atoms with Gasteiger partial charge in [-0.2, -0.15) is 0 Å². The molecule has 0 heterocycles. The molecule has 0 radical (unpaired) electrons. The Kier molecular flexibility index (Phi) is 4.20. The Balaban J connectivity index is 2.35. The van der Waals surface area contributed by atoms with Crippen molar-refractivity contribution in [3.05, 3.63) is 59.2 Å². The van der Waals surface area contributed by atoms with Crippen molar-refractivity contribution in [2.24, 2.45) is 0 Å². The minimum Gasteiger partial charge on any atom is -0.494 e. The average molecular weight is 280 g/mol. The Hall–Kier alpha value is -2.14. The number of benzene rings is 2. The monoisotopic (exact) mass is 280 g/mol. The van der Waals surface area contributed by atoms with Crippen LogP contribution in [0.2, 0.25) is 0 Å². The molecule has 106 valence electrons. The fourth-order valence-electron chi connectivity index (χ4n) is 1.89. The molecule has 0 spiro atoms. The van der Waals surface area contributed by atoms with E-state index in [0.717, 1.165) is 0 Å². The number of aliphatic hydroxyl groups is 1. The van der Waals surface area contributed by atoms with E-state index in [-0.39, 0.29) is 11.5 Å². The van der Waals surface area contributed by atoms with Crippen LogP contribution in [-0.2, 0) is 0 Å². The largest absolute Gasteiger partial charge is 0.494 e.